The topological polar surface area (TPSA) is 105 Å². The van der Waals surface area contributed by atoms with Gasteiger partial charge in [-0.3, -0.25) is 0 Å². The van der Waals surface area contributed by atoms with E-state index in [9.17, 15) is 18.0 Å². The van der Waals surface area contributed by atoms with E-state index in [-0.39, 0.29) is 25.7 Å². The van der Waals surface area contributed by atoms with Gasteiger partial charge in [-0.15, -0.1) is 0 Å². The fourth-order valence-corrected chi connectivity index (χ4v) is 2.71. The van der Waals surface area contributed by atoms with Gasteiger partial charge in [0.25, 0.3) is 0 Å². The molecule has 0 aliphatic carbocycles. The van der Waals surface area contributed by atoms with Gasteiger partial charge in [0.15, 0.2) is 0 Å². The lowest BCUT2D eigenvalue weighted by Crippen LogP contribution is -2.47. The van der Waals surface area contributed by atoms with Crippen molar-refractivity contribution in [2.24, 2.45) is 4.99 Å². The summed E-state index contributed by atoms with van der Waals surface area (Å²) in [6, 6.07) is -0.198. The van der Waals surface area contributed by atoms with Crippen LogP contribution in [0.2, 0.25) is 0 Å². The zero-order chi connectivity index (χ0) is 13.6. The molecule has 0 atom stereocenters. The Bertz CT molecular complexity index is 435. The van der Waals surface area contributed by atoms with E-state index in [1.54, 1.807) is 11.6 Å². The van der Waals surface area contributed by atoms with Crippen LogP contribution in [-0.2, 0) is 19.7 Å². The molecule has 0 unspecified atom stereocenters. The molecule has 1 amide bonds. The summed E-state index contributed by atoms with van der Waals surface area (Å²) < 4.78 is 30.9. The highest BCUT2D eigenvalue weighted by Gasteiger charge is 2.29. The first kappa shape index (κ1) is 14.6. The van der Waals surface area contributed by atoms with Crippen molar-refractivity contribution in [3.8, 4) is 0 Å². The minimum absolute atomic E-state index is 0.0947. The number of aliphatic imine (C=N–C) groups is 1. The van der Waals surface area contributed by atoms with Crippen LogP contribution in [0.3, 0.4) is 0 Å². The Hall–Kier alpha value is -1.44. The van der Waals surface area contributed by atoms with Crippen LogP contribution in [0.4, 0.5) is 4.79 Å². The predicted molar refractivity (Wildman–Crippen MR) is 61.8 cm³/mol. The summed E-state index contributed by atoms with van der Waals surface area (Å²) in [5, 5.41) is 0. The number of nitrogens with one attached hydrogen (secondary N) is 1. The van der Waals surface area contributed by atoms with Crippen LogP contribution in [0.1, 0.15) is 19.8 Å². The van der Waals surface area contributed by atoms with Crippen molar-refractivity contribution < 1.29 is 22.7 Å². The van der Waals surface area contributed by atoms with Crippen LogP contribution in [-0.4, -0.2) is 50.6 Å². The lowest BCUT2D eigenvalue weighted by molar-refractivity contribution is 0.157. The predicted octanol–water partition coefficient (Wildman–Crippen LogP) is -0.223. The van der Waals surface area contributed by atoms with E-state index >= 15 is 0 Å². The van der Waals surface area contributed by atoms with Crippen molar-refractivity contribution >= 4 is 22.4 Å². The molecule has 18 heavy (non-hydrogen) atoms. The summed E-state index contributed by atoms with van der Waals surface area (Å²) in [6.45, 7) is 2.07. The average Bonchev–Trinajstić information content (AvgIpc) is 2.29. The highest BCUT2D eigenvalue weighted by atomic mass is 32.2. The SMILES string of the molecule is CCOC(=O)NS(=O)(=O)N1CCC(N=C=O)CC1. The molecule has 1 rings (SSSR count). The Labute approximate surface area is 105 Å². The van der Waals surface area contributed by atoms with E-state index in [1.165, 1.54) is 6.08 Å². The fraction of sp³-hybridized carbons (Fsp3) is 0.778. The number of isocyanates is 1. The Balaban J connectivity index is 2.55. The summed E-state index contributed by atoms with van der Waals surface area (Å²) in [7, 11) is -3.87. The first-order chi connectivity index (χ1) is 8.49. The molecule has 9 heteroatoms. The molecule has 1 aliphatic rings. The second kappa shape index (κ2) is 6.48. The lowest BCUT2D eigenvalue weighted by Gasteiger charge is -2.28. The number of carbonyl (C=O) groups excluding carboxylic acids is 2. The summed E-state index contributed by atoms with van der Waals surface area (Å²) in [4.78, 5) is 24.7. The second-order valence-electron chi connectivity index (χ2n) is 3.68. The van der Waals surface area contributed by atoms with E-state index in [0.29, 0.717) is 12.8 Å². The maximum atomic E-state index is 11.7. The molecule has 0 aromatic heterocycles. The van der Waals surface area contributed by atoms with Gasteiger partial charge in [-0.1, -0.05) is 0 Å². The Morgan fingerprint density at radius 3 is 2.61 bits per heavy atom. The number of hydrogen-bond donors (Lipinski definition) is 1. The lowest BCUT2D eigenvalue weighted by atomic mass is 10.1. The molecule has 0 aromatic carbocycles. The van der Waals surface area contributed by atoms with Gasteiger partial charge in [0, 0.05) is 13.1 Å². The van der Waals surface area contributed by atoms with Gasteiger partial charge in [-0.05, 0) is 19.8 Å². The Morgan fingerprint density at radius 2 is 2.11 bits per heavy atom. The largest absolute Gasteiger partial charge is 0.449 e. The zero-order valence-electron chi connectivity index (χ0n) is 9.96. The maximum absolute atomic E-state index is 11.7. The minimum Gasteiger partial charge on any atom is -0.449 e. The van der Waals surface area contributed by atoms with Crippen molar-refractivity contribution in [3.63, 3.8) is 0 Å². The number of hydrogen-bond acceptors (Lipinski definition) is 6. The van der Waals surface area contributed by atoms with E-state index in [1.807, 2.05) is 0 Å². The van der Waals surface area contributed by atoms with Gasteiger partial charge in [-0.2, -0.15) is 12.7 Å². The van der Waals surface area contributed by atoms with E-state index in [4.69, 9.17) is 0 Å². The van der Waals surface area contributed by atoms with E-state index in [0.717, 1.165) is 4.31 Å². The zero-order valence-corrected chi connectivity index (χ0v) is 10.8. The molecule has 1 saturated heterocycles. The van der Waals surface area contributed by atoms with E-state index < -0.39 is 16.3 Å². The highest BCUT2D eigenvalue weighted by Crippen LogP contribution is 2.15. The maximum Gasteiger partial charge on any atom is 0.421 e. The van der Waals surface area contributed by atoms with Gasteiger partial charge < -0.3 is 4.74 Å². The van der Waals surface area contributed by atoms with Crippen molar-refractivity contribution in [2.45, 2.75) is 25.8 Å². The van der Waals surface area contributed by atoms with Crippen LogP contribution in [0.25, 0.3) is 0 Å². The van der Waals surface area contributed by atoms with Gasteiger partial charge in [0.1, 0.15) is 0 Å². The minimum atomic E-state index is -3.87. The second-order valence-corrected chi connectivity index (χ2v) is 5.35. The standard InChI is InChI=1S/C9H15N3O5S/c1-2-17-9(14)11-18(15,16)12-5-3-8(4-6-12)10-7-13/h8H,2-6H2,1H3,(H,11,14). The molecule has 0 saturated carbocycles. The molecule has 102 valence electrons. The van der Waals surface area contributed by atoms with Crippen LogP contribution in [0.15, 0.2) is 4.99 Å². The number of rotatable bonds is 4. The molecule has 8 nitrogen and oxygen atoms in total. The number of piperidine rings is 1. The van der Waals surface area contributed by atoms with Gasteiger partial charge in [-0.25, -0.2) is 19.3 Å². The molecule has 1 N–H and O–H groups in total. The molecule has 1 fully saturated rings. The van der Waals surface area contributed by atoms with Crippen molar-refractivity contribution in [2.75, 3.05) is 19.7 Å². The number of ether oxygens (including phenoxy) is 1. The third-order valence-corrected chi connectivity index (χ3v) is 3.96. The van der Waals surface area contributed by atoms with Crippen molar-refractivity contribution in [1.82, 2.24) is 9.03 Å². The fourth-order valence-electron chi connectivity index (χ4n) is 1.62. The molecule has 0 aromatic rings. The summed E-state index contributed by atoms with van der Waals surface area (Å²) >= 11 is 0. The first-order valence-corrected chi connectivity index (χ1v) is 6.95. The molecule has 0 bridgehead atoms. The summed E-state index contributed by atoms with van der Waals surface area (Å²) in [6.07, 6.45) is 1.32. The number of carbonyl (C=O) groups is 1. The number of nitrogens with zero attached hydrogens (tertiary/aromatic N) is 2. The molecule has 0 spiro atoms. The van der Waals surface area contributed by atoms with Crippen LogP contribution >= 0.6 is 0 Å². The quantitative estimate of drug-likeness (QED) is 0.565. The molecular formula is C9H15N3O5S. The van der Waals surface area contributed by atoms with Crippen molar-refractivity contribution in [3.05, 3.63) is 0 Å². The number of amides is 1. The molecule has 0 radical (unpaired) electrons. The van der Waals surface area contributed by atoms with Crippen molar-refractivity contribution in [1.29, 1.82) is 0 Å². The summed E-state index contributed by atoms with van der Waals surface area (Å²) in [5.74, 6) is 0. The van der Waals surface area contributed by atoms with Crippen LogP contribution in [0.5, 0.6) is 0 Å². The molecular weight excluding hydrogens is 262 g/mol. The highest BCUT2D eigenvalue weighted by molar-refractivity contribution is 7.87. The normalized spacial score (nSPS) is 17.8. The van der Waals surface area contributed by atoms with Gasteiger partial charge in [0.05, 0.1) is 12.6 Å². The third-order valence-electron chi connectivity index (χ3n) is 2.49. The average molecular weight is 277 g/mol. The Morgan fingerprint density at radius 1 is 1.50 bits per heavy atom. The first-order valence-electron chi connectivity index (χ1n) is 5.51. The monoisotopic (exact) mass is 277 g/mol. The Kier molecular flexibility index (Phi) is 5.26. The van der Waals surface area contributed by atoms with Crippen LogP contribution in [0, 0.1) is 0 Å². The summed E-state index contributed by atoms with van der Waals surface area (Å²) in [5.41, 5.74) is 0. The van der Waals surface area contributed by atoms with Gasteiger partial charge >= 0.3 is 16.3 Å². The van der Waals surface area contributed by atoms with Crippen LogP contribution < -0.4 is 4.72 Å². The van der Waals surface area contributed by atoms with Gasteiger partial charge in [0.2, 0.25) is 6.08 Å². The van der Waals surface area contributed by atoms with E-state index in [2.05, 4.69) is 9.73 Å². The smallest absolute Gasteiger partial charge is 0.421 e. The molecule has 1 heterocycles. The molecule has 1 aliphatic heterocycles. The third kappa shape index (κ3) is 4.10.